The van der Waals surface area contributed by atoms with Gasteiger partial charge in [-0.2, -0.15) is 10.4 Å². The monoisotopic (exact) mass is 466 g/mol. The van der Waals surface area contributed by atoms with Crippen LogP contribution in [0.15, 0.2) is 85.1 Å². The van der Waals surface area contributed by atoms with Crippen molar-refractivity contribution in [3.8, 4) is 28.8 Å². The summed E-state index contributed by atoms with van der Waals surface area (Å²) >= 11 is 0. The second kappa shape index (κ2) is 10.8. The first-order chi connectivity index (χ1) is 17.1. The highest BCUT2D eigenvalue weighted by Crippen LogP contribution is 2.26. The zero-order chi connectivity index (χ0) is 24.6. The molecule has 0 saturated carbocycles. The molecule has 0 aliphatic rings. The fourth-order valence-electron chi connectivity index (χ4n) is 3.40. The summed E-state index contributed by atoms with van der Waals surface area (Å²) in [7, 11) is 1.58. The van der Waals surface area contributed by atoms with Gasteiger partial charge < -0.3 is 14.8 Å². The maximum absolute atomic E-state index is 13.0. The Morgan fingerprint density at radius 1 is 1.00 bits per heavy atom. The molecule has 0 unspecified atom stereocenters. The van der Waals surface area contributed by atoms with Crippen molar-refractivity contribution in [3.05, 3.63) is 96.2 Å². The summed E-state index contributed by atoms with van der Waals surface area (Å²) in [6, 6.07) is 25.5. The first-order valence-electron chi connectivity index (χ1n) is 10.8. The van der Waals surface area contributed by atoms with Crippen LogP contribution in [0.1, 0.15) is 15.9 Å². The third-order valence-electron chi connectivity index (χ3n) is 5.17. The average Bonchev–Trinajstić information content (AvgIpc) is 3.35. The lowest BCUT2D eigenvalue weighted by atomic mass is 10.1. The Morgan fingerprint density at radius 3 is 2.37 bits per heavy atom. The standard InChI is InChI=1S/C27H22N4O4/c1-34-23-13-9-20(10-14-23)26-24(17-31(30-26)22-5-3-2-4-6-22)27(33)35-18-25(32)29-21-11-7-19(8-12-21)15-16-28/h2-14,17H,15,18H2,1H3,(H,29,32). The van der Waals surface area contributed by atoms with Crippen molar-refractivity contribution >= 4 is 17.6 Å². The fraction of sp³-hybridized carbons (Fsp3) is 0.111. The van der Waals surface area contributed by atoms with Gasteiger partial charge in [-0.3, -0.25) is 4.79 Å². The second-order valence-electron chi connectivity index (χ2n) is 7.56. The third kappa shape index (κ3) is 5.72. The van der Waals surface area contributed by atoms with Gasteiger partial charge in [0.25, 0.3) is 5.91 Å². The molecule has 0 aliphatic heterocycles. The number of para-hydroxylation sites is 1. The molecule has 1 N–H and O–H groups in total. The highest BCUT2D eigenvalue weighted by Gasteiger charge is 2.21. The maximum Gasteiger partial charge on any atom is 0.342 e. The van der Waals surface area contributed by atoms with Crippen molar-refractivity contribution < 1.29 is 19.1 Å². The van der Waals surface area contributed by atoms with Gasteiger partial charge in [0, 0.05) is 17.4 Å². The summed E-state index contributed by atoms with van der Waals surface area (Å²) in [6.45, 7) is -0.461. The molecule has 4 rings (SSSR count). The lowest BCUT2D eigenvalue weighted by Crippen LogP contribution is -2.21. The summed E-state index contributed by atoms with van der Waals surface area (Å²) in [5.74, 6) is -0.469. The molecule has 8 heteroatoms. The van der Waals surface area contributed by atoms with E-state index in [1.54, 1.807) is 66.5 Å². The summed E-state index contributed by atoms with van der Waals surface area (Å²) in [5, 5.41) is 16.0. The van der Waals surface area contributed by atoms with E-state index in [1.165, 1.54) is 0 Å². The molecule has 1 amide bonds. The van der Waals surface area contributed by atoms with Crippen LogP contribution in [0.2, 0.25) is 0 Å². The Balaban J connectivity index is 1.51. The van der Waals surface area contributed by atoms with E-state index in [0.29, 0.717) is 29.1 Å². The number of methoxy groups -OCH3 is 1. The van der Waals surface area contributed by atoms with E-state index in [1.807, 2.05) is 30.3 Å². The largest absolute Gasteiger partial charge is 0.497 e. The number of benzene rings is 3. The van der Waals surface area contributed by atoms with E-state index in [2.05, 4.69) is 16.5 Å². The number of nitrogens with one attached hydrogen (secondary N) is 1. The van der Waals surface area contributed by atoms with Crippen LogP contribution in [-0.2, 0) is 16.0 Å². The maximum atomic E-state index is 13.0. The van der Waals surface area contributed by atoms with E-state index in [0.717, 1.165) is 11.3 Å². The predicted octanol–water partition coefficient (Wildman–Crippen LogP) is 4.41. The number of hydrogen-bond acceptors (Lipinski definition) is 6. The molecule has 0 saturated heterocycles. The van der Waals surface area contributed by atoms with Crippen molar-refractivity contribution in [3.63, 3.8) is 0 Å². The number of aromatic nitrogens is 2. The number of rotatable bonds is 8. The molecule has 35 heavy (non-hydrogen) atoms. The number of anilines is 1. The van der Waals surface area contributed by atoms with Crippen LogP contribution in [0.4, 0.5) is 5.69 Å². The Bertz CT molecular complexity index is 1360. The van der Waals surface area contributed by atoms with Crippen molar-refractivity contribution in [1.29, 1.82) is 5.26 Å². The normalized spacial score (nSPS) is 10.3. The first-order valence-corrected chi connectivity index (χ1v) is 10.8. The minimum atomic E-state index is -0.669. The van der Waals surface area contributed by atoms with Crippen molar-refractivity contribution in [2.45, 2.75) is 6.42 Å². The highest BCUT2D eigenvalue weighted by atomic mass is 16.5. The molecule has 1 aromatic heterocycles. The van der Waals surface area contributed by atoms with Crippen LogP contribution in [0.25, 0.3) is 16.9 Å². The predicted molar refractivity (Wildman–Crippen MR) is 130 cm³/mol. The number of carbonyl (C=O) groups excluding carboxylic acids is 2. The number of ether oxygens (including phenoxy) is 2. The van der Waals surface area contributed by atoms with E-state index in [-0.39, 0.29) is 5.56 Å². The topological polar surface area (TPSA) is 106 Å². The number of hydrogen-bond donors (Lipinski definition) is 1. The summed E-state index contributed by atoms with van der Waals surface area (Å²) < 4.78 is 12.1. The van der Waals surface area contributed by atoms with Crippen molar-refractivity contribution in [2.24, 2.45) is 0 Å². The molecule has 0 atom stereocenters. The van der Waals surface area contributed by atoms with Gasteiger partial charge in [0.1, 0.15) is 17.0 Å². The van der Waals surface area contributed by atoms with Gasteiger partial charge in [-0.1, -0.05) is 30.3 Å². The number of amides is 1. The second-order valence-corrected chi connectivity index (χ2v) is 7.56. The summed E-state index contributed by atoms with van der Waals surface area (Å²) in [6.07, 6.45) is 1.88. The average molecular weight is 466 g/mol. The van der Waals surface area contributed by atoms with Gasteiger partial charge in [0.15, 0.2) is 6.61 Å². The SMILES string of the molecule is COc1ccc(-c2nn(-c3ccccc3)cc2C(=O)OCC(=O)Nc2ccc(CC#N)cc2)cc1. The Kier molecular flexibility index (Phi) is 7.19. The van der Waals surface area contributed by atoms with Crippen LogP contribution in [0.5, 0.6) is 5.75 Å². The molecular formula is C27H22N4O4. The zero-order valence-corrected chi connectivity index (χ0v) is 19.0. The van der Waals surface area contributed by atoms with Gasteiger partial charge in [-0.15, -0.1) is 0 Å². The van der Waals surface area contributed by atoms with Crippen LogP contribution in [0.3, 0.4) is 0 Å². The number of nitriles is 1. The quantitative estimate of drug-likeness (QED) is 0.386. The van der Waals surface area contributed by atoms with Gasteiger partial charge in [-0.25, -0.2) is 9.48 Å². The molecule has 4 aromatic rings. The van der Waals surface area contributed by atoms with Gasteiger partial charge in [0.05, 0.1) is 25.3 Å². The Morgan fingerprint density at radius 2 is 1.71 bits per heavy atom. The van der Waals surface area contributed by atoms with E-state index >= 15 is 0 Å². The van der Waals surface area contributed by atoms with E-state index in [9.17, 15) is 9.59 Å². The smallest absolute Gasteiger partial charge is 0.342 e. The van der Waals surface area contributed by atoms with Crippen molar-refractivity contribution in [2.75, 3.05) is 19.0 Å². The van der Waals surface area contributed by atoms with Crippen LogP contribution in [-0.4, -0.2) is 35.4 Å². The Labute approximate surface area is 202 Å². The highest BCUT2D eigenvalue weighted by molar-refractivity contribution is 5.98. The fourth-order valence-corrected chi connectivity index (χ4v) is 3.40. The molecule has 3 aromatic carbocycles. The lowest BCUT2D eigenvalue weighted by molar-refractivity contribution is -0.119. The van der Waals surface area contributed by atoms with Crippen LogP contribution >= 0.6 is 0 Å². The Hall–Kier alpha value is -4.90. The van der Waals surface area contributed by atoms with Gasteiger partial charge in [-0.05, 0) is 54.1 Å². The molecule has 1 heterocycles. The number of carbonyl (C=O) groups is 2. The lowest BCUT2D eigenvalue weighted by Gasteiger charge is -2.07. The van der Waals surface area contributed by atoms with Gasteiger partial charge >= 0.3 is 5.97 Å². The zero-order valence-electron chi connectivity index (χ0n) is 19.0. The van der Waals surface area contributed by atoms with Crippen LogP contribution < -0.4 is 10.1 Å². The third-order valence-corrected chi connectivity index (χ3v) is 5.17. The minimum Gasteiger partial charge on any atom is -0.497 e. The molecular weight excluding hydrogens is 444 g/mol. The van der Waals surface area contributed by atoms with E-state index in [4.69, 9.17) is 14.7 Å². The molecule has 0 fully saturated rings. The molecule has 0 spiro atoms. The number of nitrogens with zero attached hydrogens (tertiary/aromatic N) is 3. The summed E-state index contributed by atoms with van der Waals surface area (Å²) in [4.78, 5) is 25.3. The van der Waals surface area contributed by atoms with Crippen molar-refractivity contribution in [1.82, 2.24) is 9.78 Å². The van der Waals surface area contributed by atoms with E-state index < -0.39 is 18.5 Å². The first kappa shape index (κ1) is 23.3. The molecule has 0 bridgehead atoms. The summed E-state index contributed by atoms with van der Waals surface area (Å²) in [5.41, 5.74) is 3.53. The molecule has 174 valence electrons. The van der Waals surface area contributed by atoms with Crippen LogP contribution in [0, 0.1) is 11.3 Å². The van der Waals surface area contributed by atoms with Gasteiger partial charge in [0.2, 0.25) is 0 Å². The minimum absolute atomic E-state index is 0.229. The molecule has 8 nitrogen and oxygen atoms in total. The number of esters is 1. The molecule has 0 radical (unpaired) electrons. The molecule has 0 aliphatic carbocycles.